The van der Waals surface area contributed by atoms with E-state index in [1.165, 1.54) is 7.11 Å². The molecule has 3 N–H and O–H groups in total. The molecule has 1 saturated heterocycles. The van der Waals surface area contributed by atoms with Gasteiger partial charge in [-0.3, -0.25) is 9.78 Å². The summed E-state index contributed by atoms with van der Waals surface area (Å²) in [6.07, 6.45) is 4.04. The van der Waals surface area contributed by atoms with Crippen LogP contribution < -0.4 is 20.1 Å². The van der Waals surface area contributed by atoms with Gasteiger partial charge in [-0.05, 0) is 50.8 Å². The molecule has 0 radical (unpaired) electrons. The van der Waals surface area contributed by atoms with E-state index < -0.39 is 5.82 Å². The highest BCUT2D eigenvalue weighted by molar-refractivity contribution is 5.94. The molecule has 2 unspecified atom stereocenters. The lowest BCUT2D eigenvalue weighted by Crippen LogP contribution is -2.45. The van der Waals surface area contributed by atoms with Crippen molar-refractivity contribution in [2.75, 3.05) is 25.6 Å². The zero-order valence-electron chi connectivity index (χ0n) is 21.9. The van der Waals surface area contributed by atoms with Crippen molar-refractivity contribution < 1.29 is 28.6 Å². The maximum Gasteiger partial charge on any atom is 0.263 e. The molecular weight excluding hydrogens is 507 g/mol. The van der Waals surface area contributed by atoms with E-state index in [9.17, 15) is 14.4 Å². The monoisotopic (exact) mass is 538 g/mol. The SMILES string of the molecule is COc1ccc2ncc(F)c(C/C(CCCC3(NCc4ccc5c(n4)NC(=O)CO5)COC(C)C3)=N/O)c2n1. The van der Waals surface area contributed by atoms with Crippen molar-refractivity contribution in [2.45, 2.75) is 57.2 Å². The molecular formula is C27H31FN6O5. The van der Waals surface area contributed by atoms with Gasteiger partial charge in [0.15, 0.2) is 18.2 Å². The first-order valence-corrected chi connectivity index (χ1v) is 12.9. The number of nitrogens with one attached hydrogen (secondary N) is 2. The zero-order chi connectivity index (χ0) is 27.4. The van der Waals surface area contributed by atoms with Crippen LogP contribution in [0.3, 0.4) is 0 Å². The highest BCUT2D eigenvalue weighted by atomic mass is 19.1. The molecule has 12 heteroatoms. The molecule has 1 amide bonds. The van der Waals surface area contributed by atoms with Gasteiger partial charge in [-0.1, -0.05) is 5.16 Å². The number of rotatable bonds is 10. The number of hydrogen-bond acceptors (Lipinski definition) is 10. The fourth-order valence-corrected chi connectivity index (χ4v) is 5.10. The first kappa shape index (κ1) is 26.7. The Morgan fingerprint density at radius 1 is 1.33 bits per heavy atom. The number of amides is 1. The van der Waals surface area contributed by atoms with Crippen molar-refractivity contribution in [1.29, 1.82) is 0 Å². The molecule has 3 aromatic heterocycles. The first-order chi connectivity index (χ1) is 18.9. The topological polar surface area (TPSA) is 140 Å². The Morgan fingerprint density at radius 3 is 2.97 bits per heavy atom. The van der Waals surface area contributed by atoms with E-state index in [1.807, 2.05) is 13.0 Å². The minimum atomic E-state index is -0.514. The van der Waals surface area contributed by atoms with Gasteiger partial charge in [0, 0.05) is 30.1 Å². The Kier molecular flexibility index (Phi) is 7.84. The largest absolute Gasteiger partial charge is 0.481 e. The second-order valence-electron chi connectivity index (χ2n) is 9.95. The highest BCUT2D eigenvalue weighted by Gasteiger charge is 2.38. The van der Waals surface area contributed by atoms with Crippen LogP contribution in [0.2, 0.25) is 0 Å². The summed E-state index contributed by atoms with van der Waals surface area (Å²) >= 11 is 0. The molecule has 206 valence electrons. The summed E-state index contributed by atoms with van der Waals surface area (Å²) in [5.41, 5.74) is 2.13. The molecule has 39 heavy (non-hydrogen) atoms. The van der Waals surface area contributed by atoms with Crippen molar-refractivity contribution in [3.8, 4) is 11.6 Å². The Morgan fingerprint density at radius 2 is 2.21 bits per heavy atom. The molecule has 11 nitrogen and oxygen atoms in total. The second-order valence-corrected chi connectivity index (χ2v) is 9.95. The third kappa shape index (κ3) is 6.07. The number of aromatic nitrogens is 3. The molecule has 2 aliphatic heterocycles. The smallest absolute Gasteiger partial charge is 0.263 e. The molecule has 5 rings (SSSR count). The van der Waals surface area contributed by atoms with Crippen LogP contribution in [-0.4, -0.2) is 63.7 Å². The summed E-state index contributed by atoms with van der Waals surface area (Å²) in [5, 5.41) is 19.6. The van der Waals surface area contributed by atoms with E-state index >= 15 is 0 Å². The fourth-order valence-electron chi connectivity index (χ4n) is 5.10. The lowest BCUT2D eigenvalue weighted by molar-refractivity contribution is -0.118. The van der Waals surface area contributed by atoms with Crippen molar-refractivity contribution in [3.05, 3.63) is 47.5 Å². The number of fused-ring (bicyclic) bond motifs is 2. The molecule has 2 atom stereocenters. The summed E-state index contributed by atoms with van der Waals surface area (Å²) in [5.74, 6) is 0.576. The number of nitrogens with zero attached hydrogens (tertiary/aromatic N) is 4. The Labute approximate surface area is 224 Å². The average Bonchev–Trinajstić information content (AvgIpc) is 3.32. The van der Waals surface area contributed by atoms with Gasteiger partial charge in [-0.15, -0.1) is 0 Å². The summed E-state index contributed by atoms with van der Waals surface area (Å²) in [7, 11) is 1.49. The second kappa shape index (κ2) is 11.5. The number of pyridine rings is 3. The van der Waals surface area contributed by atoms with Gasteiger partial charge in [-0.2, -0.15) is 0 Å². The fraction of sp³-hybridized carbons (Fsp3) is 0.444. The van der Waals surface area contributed by atoms with Crippen LogP contribution in [-0.2, 0) is 22.5 Å². The molecule has 1 fully saturated rings. The zero-order valence-corrected chi connectivity index (χ0v) is 21.9. The number of anilines is 1. The van der Waals surface area contributed by atoms with Gasteiger partial charge < -0.3 is 30.1 Å². The predicted octanol–water partition coefficient (Wildman–Crippen LogP) is 3.38. The number of ether oxygens (including phenoxy) is 3. The molecule has 0 saturated carbocycles. The lowest BCUT2D eigenvalue weighted by atomic mass is 9.88. The van der Waals surface area contributed by atoms with Gasteiger partial charge >= 0.3 is 0 Å². The normalized spacial score (nSPS) is 20.9. The number of hydrogen-bond donors (Lipinski definition) is 3. The molecule has 0 bridgehead atoms. The standard InChI is InChI=1S/C27H31FN6O5/c1-16-11-27(15-39-16,30-12-18-5-7-22-26(31-18)32-23(35)14-38-22)9-3-4-17(34-36)10-19-20(28)13-29-21-6-8-24(37-2)33-25(19)21/h5-8,13,16,30,36H,3-4,9-12,14-15H2,1-2H3,(H,31,32,35)/b34-17+. The predicted molar refractivity (Wildman–Crippen MR) is 141 cm³/mol. The number of carbonyl (C=O) groups excluding carboxylic acids is 1. The maximum absolute atomic E-state index is 14.8. The van der Waals surface area contributed by atoms with Gasteiger partial charge in [0.2, 0.25) is 5.88 Å². The van der Waals surface area contributed by atoms with Crippen molar-refractivity contribution >= 4 is 28.5 Å². The van der Waals surface area contributed by atoms with Crippen LogP contribution in [0.1, 0.15) is 43.9 Å². The Bertz CT molecular complexity index is 1400. The Balaban J connectivity index is 1.24. The summed E-state index contributed by atoms with van der Waals surface area (Å²) in [6, 6.07) is 7.05. The summed E-state index contributed by atoms with van der Waals surface area (Å²) < 4.78 is 31.3. The van der Waals surface area contributed by atoms with E-state index in [4.69, 9.17) is 14.2 Å². The average molecular weight is 539 g/mol. The Hall–Kier alpha value is -3.90. The van der Waals surface area contributed by atoms with Gasteiger partial charge in [0.05, 0.1) is 48.5 Å². The van der Waals surface area contributed by atoms with Gasteiger partial charge in [0.1, 0.15) is 5.82 Å². The molecule has 0 spiro atoms. The maximum atomic E-state index is 14.8. The van der Waals surface area contributed by atoms with E-state index in [0.717, 1.165) is 24.7 Å². The third-order valence-electron chi connectivity index (χ3n) is 7.09. The molecule has 0 aliphatic carbocycles. The minimum absolute atomic E-state index is 0.0154. The van der Waals surface area contributed by atoms with Crippen molar-refractivity contribution in [1.82, 2.24) is 20.3 Å². The highest BCUT2D eigenvalue weighted by Crippen LogP contribution is 2.31. The van der Waals surface area contributed by atoms with Crippen LogP contribution in [0.4, 0.5) is 10.2 Å². The first-order valence-electron chi connectivity index (χ1n) is 12.9. The van der Waals surface area contributed by atoms with E-state index in [2.05, 4.69) is 30.7 Å². The van der Waals surface area contributed by atoms with Gasteiger partial charge in [0.25, 0.3) is 5.91 Å². The van der Waals surface area contributed by atoms with Crippen LogP contribution >= 0.6 is 0 Å². The summed E-state index contributed by atoms with van der Waals surface area (Å²) in [4.78, 5) is 24.6. The van der Waals surface area contributed by atoms with Crippen LogP contribution in [0.25, 0.3) is 11.0 Å². The molecule has 3 aromatic rings. The quantitative estimate of drug-likeness (QED) is 0.201. The number of oxime groups is 1. The summed E-state index contributed by atoms with van der Waals surface area (Å²) in [6.45, 7) is 3.02. The number of methoxy groups -OCH3 is 1. The van der Waals surface area contributed by atoms with E-state index in [-0.39, 0.29) is 30.6 Å². The van der Waals surface area contributed by atoms with Crippen LogP contribution in [0.5, 0.6) is 11.6 Å². The lowest BCUT2D eigenvalue weighted by Gasteiger charge is -2.29. The molecule has 0 aromatic carbocycles. The van der Waals surface area contributed by atoms with Crippen molar-refractivity contribution in [2.24, 2.45) is 5.16 Å². The number of halogens is 1. The van der Waals surface area contributed by atoms with E-state index in [1.54, 1.807) is 18.2 Å². The van der Waals surface area contributed by atoms with Crippen molar-refractivity contribution in [3.63, 3.8) is 0 Å². The minimum Gasteiger partial charge on any atom is -0.481 e. The third-order valence-corrected chi connectivity index (χ3v) is 7.09. The van der Waals surface area contributed by atoms with Crippen LogP contribution in [0, 0.1) is 5.82 Å². The molecule has 2 aliphatic rings. The molecule has 5 heterocycles. The number of carbonyl (C=O) groups is 1. The van der Waals surface area contributed by atoms with E-state index in [0.29, 0.717) is 65.7 Å². The van der Waals surface area contributed by atoms with Gasteiger partial charge in [-0.25, -0.2) is 14.4 Å². The van der Waals surface area contributed by atoms with Crippen LogP contribution in [0.15, 0.2) is 35.6 Å².